The second kappa shape index (κ2) is 5.44. The number of carboxylic acid groups (broad SMARTS) is 1. The van der Waals surface area contributed by atoms with Gasteiger partial charge in [-0.3, -0.25) is 10.1 Å². The number of benzene rings is 1. The van der Waals surface area contributed by atoms with Crippen LogP contribution in [-0.2, 0) is 0 Å². The van der Waals surface area contributed by atoms with E-state index in [-0.39, 0.29) is 11.3 Å². The number of carbonyl (C=O) groups is 1. The number of nitro benzene ring substituents is 1. The molecule has 0 fully saturated rings. The second-order valence-corrected chi connectivity index (χ2v) is 4.28. The topological polar surface area (TPSA) is 92.5 Å². The van der Waals surface area contributed by atoms with E-state index in [2.05, 4.69) is 27.8 Å². The van der Waals surface area contributed by atoms with E-state index in [1.165, 1.54) is 12.1 Å². The molecule has 0 spiro atoms. The van der Waals surface area contributed by atoms with E-state index in [1.807, 2.05) is 0 Å². The number of anilines is 1. The minimum atomic E-state index is -1.23. The van der Waals surface area contributed by atoms with Crippen LogP contribution in [0.15, 0.2) is 29.3 Å². The smallest absolute Gasteiger partial charge is 0.338 e. The molecule has 0 aliphatic carbocycles. The maximum absolute atomic E-state index is 10.9. The van der Waals surface area contributed by atoms with Crippen LogP contribution in [0.1, 0.15) is 10.4 Å². The highest BCUT2D eigenvalue weighted by atomic mass is 79.9. The molecule has 2 N–H and O–H groups in total. The van der Waals surface area contributed by atoms with Crippen LogP contribution in [0.3, 0.4) is 0 Å². The van der Waals surface area contributed by atoms with Crippen LogP contribution in [0.25, 0.3) is 0 Å². The van der Waals surface area contributed by atoms with Crippen LogP contribution in [0.2, 0.25) is 0 Å². The van der Waals surface area contributed by atoms with Crippen molar-refractivity contribution in [3.05, 3.63) is 44.9 Å². The van der Waals surface area contributed by atoms with Crippen molar-refractivity contribution in [3.63, 3.8) is 0 Å². The van der Waals surface area contributed by atoms with E-state index < -0.39 is 10.9 Å². The Balaban J connectivity index is 3.08. The van der Waals surface area contributed by atoms with Gasteiger partial charge in [-0.05, 0) is 6.07 Å². The molecular formula is C10H9BrN2O4. The van der Waals surface area contributed by atoms with Gasteiger partial charge in [-0.2, -0.15) is 0 Å². The third-order valence-corrected chi connectivity index (χ3v) is 2.20. The summed E-state index contributed by atoms with van der Waals surface area (Å²) in [6.07, 6.45) is 0. The third-order valence-electron chi connectivity index (χ3n) is 1.92. The minimum absolute atomic E-state index is 0.145. The molecule has 0 aliphatic rings. The first-order chi connectivity index (χ1) is 7.91. The molecule has 0 unspecified atom stereocenters. The fraction of sp³-hybridized carbons (Fsp3) is 0.100. The number of rotatable bonds is 5. The van der Waals surface area contributed by atoms with Crippen LogP contribution in [0.4, 0.5) is 11.4 Å². The lowest BCUT2D eigenvalue weighted by atomic mass is 10.1. The van der Waals surface area contributed by atoms with Crippen molar-refractivity contribution in [2.75, 3.05) is 11.9 Å². The molecule has 1 aromatic carbocycles. The van der Waals surface area contributed by atoms with E-state index in [4.69, 9.17) is 5.11 Å². The first kappa shape index (κ1) is 13.2. The van der Waals surface area contributed by atoms with Gasteiger partial charge in [0.2, 0.25) is 0 Å². The molecule has 90 valence electrons. The van der Waals surface area contributed by atoms with Crippen molar-refractivity contribution < 1.29 is 14.8 Å². The van der Waals surface area contributed by atoms with Crippen molar-refractivity contribution in [3.8, 4) is 0 Å². The fourth-order valence-corrected chi connectivity index (χ4v) is 1.31. The Bertz CT molecular complexity index is 487. The molecule has 0 aromatic heterocycles. The first-order valence-electron chi connectivity index (χ1n) is 4.50. The molecule has 0 saturated carbocycles. The summed E-state index contributed by atoms with van der Waals surface area (Å²) < 4.78 is 0.646. The summed E-state index contributed by atoms with van der Waals surface area (Å²) in [5.41, 5.74) is -0.0951. The maximum Gasteiger partial charge on any atom is 0.338 e. The second-order valence-electron chi connectivity index (χ2n) is 3.16. The number of carboxylic acids is 1. The molecule has 0 amide bonds. The van der Waals surface area contributed by atoms with Crippen LogP contribution >= 0.6 is 15.9 Å². The summed E-state index contributed by atoms with van der Waals surface area (Å²) in [4.78, 5) is 20.8. The summed E-state index contributed by atoms with van der Waals surface area (Å²) in [7, 11) is 0. The van der Waals surface area contributed by atoms with Gasteiger partial charge in [0, 0.05) is 28.8 Å². The number of nitrogens with one attached hydrogen (secondary N) is 1. The van der Waals surface area contributed by atoms with Crippen molar-refractivity contribution >= 4 is 33.3 Å². The Labute approximate surface area is 105 Å². The van der Waals surface area contributed by atoms with Gasteiger partial charge >= 0.3 is 5.97 Å². The SMILES string of the molecule is C=C(Br)CNc1ccc([N+](=O)[O-])cc1C(=O)O. The molecule has 0 saturated heterocycles. The Morgan fingerprint density at radius 3 is 2.71 bits per heavy atom. The molecule has 17 heavy (non-hydrogen) atoms. The van der Waals surface area contributed by atoms with Gasteiger partial charge in [-0.15, -0.1) is 0 Å². The van der Waals surface area contributed by atoms with Crippen molar-refractivity contribution in [2.45, 2.75) is 0 Å². The van der Waals surface area contributed by atoms with E-state index >= 15 is 0 Å². The Morgan fingerprint density at radius 2 is 2.24 bits per heavy atom. The first-order valence-corrected chi connectivity index (χ1v) is 5.30. The van der Waals surface area contributed by atoms with Gasteiger partial charge in [0.15, 0.2) is 0 Å². The Morgan fingerprint density at radius 1 is 1.59 bits per heavy atom. The summed E-state index contributed by atoms with van der Waals surface area (Å²) in [5, 5.41) is 22.3. The Kier molecular flexibility index (Phi) is 4.22. The van der Waals surface area contributed by atoms with E-state index in [1.54, 1.807) is 0 Å². The lowest BCUT2D eigenvalue weighted by Gasteiger charge is -2.08. The predicted octanol–water partition coefficient (Wildman–Crippen LogP) is 2.61. The largest absolute Gasteiger partial charge is 0.478 e. The van der Waals surface area contributed by atoms with Crippen LogP contribution in [-0.4, -0.2) is 22.5 Å². The van der Waals surface area contributed by atoms with E-state index in [0.29, 0.717) is 16.7 Å². The van der Waals surface area contributed by atoms with Crippen LogP contribution < -0.4 is 5.32 Å². The normalized spacial score (nSPS) is 9.71. The lowest BCUT2D eigenvalue weighted by molar-refractivity contribution is -0.384. The molecule has 1 aromatic rings. The van der Waals surface area contributed by atoms with Gasteiger partial charge in [-0.25, -0.2) is 4.79 Å². The number of nitro groups is 1. The van der Waals surface area contributed by atoms with Gasteiger partial charge < -0.3 is 10.4 Å². The highest BCUT2D eigenvalue weighted by molar-refractivity contribution is 9.11. The molecule has 6 nitrogen and oxygen atoms in total. The van der Waals surface area contributed by atoms with E-state index in [9.17, 15) is 14.9 Å². The number of non-ortho nitro benzene ring substituents is 1. The minimum Gasteiger partial charge on any atom is -0.478 e. The molecule has 1 rings (SSSR count). The Hall–Kier alpha value is -1.89. The van der Waals surface area contributed by atoms with Crippen molar-refractivity contribution in [1.29, 1.82) is 0 Å². The average Bonchev–Trinajstić information content (AvgIpc) is 2.25. The third kappa shape index (κ3) is 3.56. The van der Waals surface area contributed by atoms with E-state index in [0.717, 1.165) is 6.07 Å². The zero-order valence-electron chi connectivity index (χ0n) is 8.64. The molecule has 0 bridgehead atoms. The quantitative estimate of drug-likeness (QED) is 0.644. The van der Waals surface area contributed by atoms with Gasteiger partial charge in [-0.1, -0.05) is 22.5 Å². The highest BCUT2D eigenvalue weighted by Crippen LogP contribution is 2.22. The molecule has 7 heteroatoms. The zero-order valence-corrected chi connectivity index (χ0v) is 10.2. The number of nitrogens with zero attached hydrogens (tertiary/aromatic N) is 1. The summed E-state index contributed by atoms with van der Waals surface area (Å²) in [5.74, 6) is -1.23. The van der Waals surface area contributed by atoms with Gasteiger partial charge in [0.1, 0.15) is 0 Å². The summed E-state index contributed by atoms with van der Waals surface area (Å²) in [6, 6.07) is 3.62. The number of aromatic carboxylic acids is 1. The molecule has 0 aliphatic heterocycles. The monoisotopic (exact) mass is 300 g/mol. The summed E-state index contributed by atoms with van der Waals surface area (Å²) in [6.45, 7) is 3.92. The predicted molar refractivity (Wildman–Crippen MR) is 66.6 cm³/mol. The molecule has 0 atom stereocenters. The lowest BCUT2D eigenvalue weighted by Crippen LogP contribution is -2.08. The zero-order chi connectivity index (χ0) is 13.0. The summed E-state index contributed by atoms with van der Waals surface area (Å²) >= 11 is 3.12. The maximum atomic E-state index is 10.9. The highest BCUT2D eigenvalue weighted by Gasteiger charge is 2.15. The number of hydrogen-bond donors (Lipinski definition) is 2. The van der Waals surface area contributed by atoms with Crippen LogP contribution in [0.5, 0.6) is 0 Å². The standard InChI is InChI=1S/C10H9BrN2O4/c1-6(11)5-12-9-3-2-7(13(16)17)4-8(9)10(14)15/h2-4,12H,1,5H2,(H,14,15). The number of halogens is 1. The molecule has 0 radical (unpaired) electrons. The molecular weight excluding hydrogens is 292 g/mol. The number of hydrogen-bond acceptors (Lipinski definition) is 4. The van der Waals surface area contributed by atoms with Crippen molar-refractivity contribution in [1.82, 2.24) is 0 Å². The average molecular weight is 301 g/mol. The molecule has 0 heterocycles. The van der Waals surface area contributed by atoms with Gasteiger partial charge in [0.05, 0.1) is 10.5 Å². The fourth-order valence-electron chi connectivity index (χ4n) is 1.17. The van der Waals surface area contributed by atoms with Crippen LogP contribution in [0, 0.1) is 10.1 Å². The van der Waals surface area contributed by atoms with Crippen molar-refractivity contribution in [2.24, 2.45) is 0 Å². The van der Waals surface area contributed by atoms with Gasteiger partial charge in [0.25, 0.3) is 5.69 Å².